The van der Waals surface area contributed by atoms with Crippen molar-refractivity contribution in [1.29, 1.82) is 0 Å². The van der Waals surface area contributed by atoms with Crippen molar-refractivity contribution < 1.29 is 98.4 Å². The second-order valence-electron chi connectivity index (χ2n) is 3.11. The van der Waals surface area contributed by atoms with Crippen LogP contribution in [0.2, 0.25) is 0 Å². The number of aliphatic carboxylic acids is 6. The Morgan fingerprint density at radius 1 is 0.346 bits per heavy atom. The average molecular weight is 562 g/mol. The molecule has 0 amide bonds. The first-order chi connectivity index (χ1) is 10.4. The zero-order chi connectivity index (χ0) is 21.5. The molecule has 0 rings (SSSR count). The summed E-state index contributed by atoms with van der Waals surface area (Å²) < 4.78 is 0. The summed E-state index contributed by atoms with van der Waals surface area (Å²) >= 11 is 0. The van der Waals surface area contributed by atoms with E-state index in [0.29, 0.717) is 0 Å². The van der Waals surface area contributed by atoms with Crippen LogP contribution in [0.3, 0.4) is 0 Å². The van der Waals surface area contributed by atoms with E-state index in [9.17, 15) is 0 Å². The van der Waals surface area contributed by atoms with Crippen LogP contribution in [-0.4, -0.2) is 66.5 Å². The molecule has 26 heavy (non-hydrogen) atoms. The molecule has 14 heteroatoms. The maximum Gasteiger partial charge on any atom is 0.300 e. The van der Waals surface area contributed by atoms with Crippen molar-refractivity contribution in [3.8, 4) is 0 Å². The van der Waals surface area contributed by atoms with E-state index in [-0.39, 0.29) is 39.0 Å². The summed E-state index contributed by atoms with van der Waals surface area (Å²) in [6.07, 6.45) is 0. The summed E-state index contributed by atoms with van der Waals surface area (Å²) in [5.41, 5.74) is 0. The van der Waals surface area contributed by atoms with Gasteiger partial charge >= 0.3 is 0 Å². The molecule has 0 aromatic carbocycles. The Balaban J connectivity index is -0.0000000245. The van der Waals surface area contributed by atoms with Crippen LogP contribution in [0, 0.1) is 0 Å². The molecule has 0 heterocycles. The number of carboxylic acid groups (broad SMARTS) is 6. The molecule has 160 valence electrons. The van der Waals surface area contributed by atoms with Gasteiger partial charge in [-0.15, -0.1) is 0 Å². The molecule has 0 spiro atoms. The van der Waals surface area contributed by atoms with E-state index in [4.69, 9.17) is 59.4 Å². The van der Waals surface area contributed by atoms with Gasteiger partial charge in [0.2, 0.25) is 0 Å². The van der Waals surface area contributed by atoms with Gasteiger partial charge in [0, 0.05) is 80.5 Å². The topological polar surface area (TPSA) is 224 Å². The summed E-state index contributed by atoms with van der Waals surface area (Å²) in [4.78, 5) is 54.0. The molecule has 0 radical (unpaired) electrons. The van der Waals surface area contributed by atoms with E-state index in [1.165, 1.54) is 0 Å². The Morgan fingerprint density at radius 3 is 0.346 bits per heavy atom. The predicted octanol–water partition coefficient (Wildman–Crippen LogP) is 0.540. The molecule has 12 nitrogen and oxygen atoms in total. The van der Waals surface area contributed by atoms with Crippen LogP contribution in [0.1, 0.15) is 41.5 Å². The van der Waals surface area contributed by atoms with Crippen LogP contribution >= 0.6 is 0 Å². The molecule has 0 saturated carbocycles. The van der Waals surface area contributed by atoms with Gasteiger partial charge in [-0.25, -0.2) is 0 Å². The van der Waals surface area contributed by atoms with Crippen molar-refractivity contribution in [3.05, 3.63) is 0 Å². The molecular weight excluding hydrogens is 538 g/mol. The molecule has 0 aliphatic rings. The van der Waals surface area contributed by atoms with Crippen LogP contribution in [0.5, 0.6) is 0 Å². The smallest absolute Gasteiger partial charge is 0.300 e. The second kappa shape index (κ2) is 43.5. The van der Waals surface area contributed by atoms with Gasteiger partial charge in [-0.2, -0.15) is 0 Å². The van der Waals surface area contributed by atoms with Gasteiger partial charge in [0.05, 0.1) is 0 Å². The third-order valence-corrected chi connectivity index (χ3v) is 0. The number of rotatable bonds is 0. The maximum absolute atomic E-state index is 9.00. The normalized spacial score (nSPS) is 5.77. The minimum absolute atomic E-state index is 0. The Kier molecular flexibility index (Phi) is 83.0. The standard InChI is InChI=1S/6C2H4O2.2Ru/c6*1-2(3)4;;/h6*1H3,(H,3,4);;. The first kappa shape index (κ1) is 49.6. The monoisotopic (exact) mass is 564 g/mol. The van der Waals surface area contributed by atoms with Crippen molar-refractivity contribution in [1.82, 2.24) is 0 Å². The van der Waals surface area contributed by atoms with Gasteiger partial charge in [0.25, 0.3) is 35.8 Å². The predicted molar refractivity (Wildman–Crippen MR) is 79.9 cm³/mol. The molecule has 6 N–H and O–H groups in total. The van der Waals surface area contributed by atoms with Gasteiger partial charge in [0.1, 0.15) is 0 Å². The molecule has 0 aromatic rings. The SMILES string of the molecule is CC(=O)O.CC(=O)O.CC(=O)O.CC(=O)O.CC(=O)O.CC(=O)O.[Ru].[Ru]. The van der Waals surface area contributed by atoms with Gasteiger partial charge in [-0.05, 0) is 0 Å². The van der Waals surface area contributed by atoms with Crippen LogP contribution in [0.4, 0.5) is 0 Å². The third-order valence-electron chi connectivity index (χ3n) is 0. The quantitative estimate of drug-likeness (QED) is 0.223. The molecule has 0 atom stereocenters. The van der Waals surface area contributed by atoms with Gasteiger partial charge in [0.15, 0.2) is 0 Å². The van der Waals surface area contributed by atoms with Crippen molar-refractivity contribution >= 4 is 35.8 Å². The van der Waals surface area contributed by atoms with Gasteiger partial charge in [-0.3, -0.25) is 28.8 Å². The Bertz CT molecular complexity index is 265. The van der Waals surface area contributed by atoms with E-state index in [1.807, 2.05) is 0 Å². The van der Waals surface area contributed by atoms with Crippen molar-refractivity contribution in [2.75, 3.05) is 0 Å². The molecule has 0 aromatic heterocycles. The average Bonchev–Trinajstić information content (AvgIpc) is 2.08. The van der Waals surface area contributed by atoms with Crippen molar-refractivity contribution in [2.45, 2.75) is 41.5 Å². The summed E-state index contributed by atoms with van der Waals surface area (Å²) in [5, 5.41) is 44.5. The summed E-state index contributed by atoms with van der Waals surface area (Å²) in [6.45, 7) is 6.50. The minimum Gasteiger partial charge on any atom is -0.481 e. The number of hydrogen-bond acceptors (Lipinski definition) is 6. The van der Waals surface area contributed by atoms with Crippen LogP contribution in [0.25, 0.3) is 0 Å². The summed E-state index contributed by atoms with van der Waals surface area (Å²) in [7, 11) is 0. The molecule has 0 unspecified atom stereocenters. The van der Waals surface area contributed by atoms with Crippen molar-refractivity contribution in [3.63, 3.8) is 0 Å². The van der Waals surface area contributed by atoms with Crippen molar-refractivity contribution in [2.24, 2.45) is 0 Å². The fourth-order valence-electron chi connectivity index (χ4n) is 0. The van der Waals surface area contributed by atoms with E-state index in [0.717, 1.165) is 41.5 Å². The Hall–Kier alpha value is -1.93. The summed E-state index contributed by atoms with van der Waals surface area (Å²) in [6, 6.07) is 0. The van der Waals surface area contributed by atoms with Crippen LogP contribution in [0.15, 0.2) is 0 Å². The third kappa shape index (κ3) is 2620. The number of carboxylic acids is 6. The Morgan fingerprint density at radius 2 is 0.346 bits per heavy atom. The molecule has 0 bridgehead atoms. The van der Waals surface area contributed by atoms with E-state index in [2.05, 4.69) is 0 Å². The van der Waals surface area contributed by atoms with E-state index in [1.54, 1.807) is 0 Å². The molecule has 0 saturated heterocycles. The fourth-order valence-corrected chi connectivity index (χ4v) is 0. The second-order valence-corrected chi connectivity index (χ2v) is 3.11. The maximum atomic E-state index is 9.00. The van der Waals surface area contributed by atoms with Gasteiger partial charge < -0.3 is 30.6 Å². The fraction of sp³-hybridized carbons (Fsp3) is 0.500. The van der Waals surface area contributed by atoms with Crippen LogP contribution in [-0.2, 0) is 67.7 Å². The van der Waals surface area contributed by atoms with Gasteiger partial charge in [-0.1, -0.05) is 0 Å². The zero-order valence-corrected chi connectivity index (χ0v) is 18.3. The number of carbonyl (C=O) groups is 6. The van der Waals surface area contributed by atoms with E-state index < -0.39 is 35.8 Å². The molecular formula is C12H24O12Ru2. The number of hydrogen-bond donors (Lipinski definition) is 6. The first-order valence-corrected chi connectivity index (χ1v) is 5.57. The minimum atomic E-state index is -0.833. The molecule has 0 aliphatic carbocycles. The zero-order valence-electron chi connectivity index (χ0n) is 14.8. The molecule has 0 fully saturated rings. The van der Waals surface area contributed by atoms with E-state index >= 15 is 0 Å². The molecule has 0 aliphatic heterocycles. The largest absolute Gasteiger partial charge is 0.481 e. The summed E-state index contributed by atoms with van der Waals surface area (Å²) in [5.74, 6) is -5.00. The Labute approximate surface area is 175 Å². The first-order valence-electron chi connectivity index (χ1n) is 5.57. The van der Waals surface area contributed by atoms with Crippen LogP contribution < -0.4 is 0 Å².